The first kappa shape index (κ1) is 20.9. The number of benzene rings is 1. The van der Waals surface area contributed by atoms with Crippen molar-refractivity contribution in [1.29, 1.82) is 0 Å². The van der Waals surface area contributed by atoms with Gasteiger partial charge in [-0.3, -0.25) is 4.90 Å². The minimum atomic E-state index is -2.54. The summed E-state index contributed by atoms with van der Waals surface area (Å²) in [5, 5.41) is 13.3. The lowest BCUT2D eigenvalue weighted by Gasteiger charge is -2.35. The van der Waals surface area contributed by atoms with Gasteiger partial charge in [-0.05, 0) is 18.6 Å². The molecule has 0 bridgehead atoms. The Labute approximate surface area is 144 Å². The molecule has 0 saturated carbocycles. The van der Waals surface area contributed by atoms with Gasteiger partial charge >= 0.3 is 0 Å². The zero-order chi connectivity index (χ0) is 14.0. The van der Waals surface area contributed by atoms with Gasteiger partial charge in [-0.1, -0.05) is 22.0 Å². The Morgan fingerprint density at radius 3 is 2.33 bits per heavy atom. The van der Waals surface area contributed by atoms with Gasteiger partial charge in [0.25, 0.3) is 6.43 Å². The van der Waals surface area contributed by atoms with Crippen molar-refractivity contribution in [3.8, 4) is 5.75 Å². The third-order valence-electron chi connectivity index (χ3n) is 3.45. The molecular weight excluding hydrogens is 389 g/mol. The normalized spacial score (nSPS) is 17.0. The second kappa shape index (κ2) is 9.10. The molecule has 122 valence electrons. The van der Waals surface area contributed by atoms with Crippen LogP contribution in [0.2, 0.25) is 0 Å². The van der Waals surface area contributed by atoms with Gasteiger partial charge in [0.2, 0.25) is 0 Å². The number of piperazine rings is 1. The van der Waals surface area contributed by atoms with E-state index in [-0.39, 0.29) is 36.1 Å². The third kappa shape index (κ3) is 4.66. The van der Waals surface area contributed by atoms with Crippen molar-refractivity contribution in [2.45, 2.75) is 19.4 Å². The zero-order valence-electron chi connectivity index (χ0n) is 11.5. The van der Waals surface area contributed by atoms with Crippen LogP contribution < -0.4 is 5.32 Å². The van der Waals surface area contributed by atoms with Crippen LogP contribution in [0, 0.1) is 6.92 Å². The largest absolute Gasteiger partial charge is 0.507 e. The van der Waals surface area contributed by atoms with E-state index in [2.05, 4.69) is 21.2 Å². The average Bonchev–Trinajstić information content (AvgIpc) is 2.39. The van der Waals surface area contributed by atoms with Crippen LogP contribution in [0.5, 0.6) is 5.75 Å². The fourth-order valence-electron chi connectivity index (χ4n) is 2.40. The summed E-state index contributed by atoms with van der Waals surface area (Å²) < 4.78 is 27.5. The number of alkyl halides is 2. The van der Waals surface area contributed by atoms with Crippen molar-refractivity contribution < 1.29 is 13.9 Å². The number of hydrogen-bond donors (Lipinski definition) is 2. The highest BCUT2D eigenvalue weighted by atomic mass is 79.9. The van der Waals surface area contributed by atoms with Crippen LogP contribution in [0.15, 0.2) is 16.6 Å². The Morgan fingerprint density at radius 2 is 1.81 bits per heavy atom. The SMILES string of the molecule is Cc1ccc(Br)c([C@@H](C(F)F)N2CCNCC2)c1O.Cl.Cl. The second-order valence-corrected chi connectivity index (χ2v) is 5.55. The molecule has 0 unspecified atom stereocenters. The van der Waals surface area contributed by atoms with Crippen molar-refractivity contribution in [2.75, 3.05) is 26.2 Å². The number of halogens is 5. The number of aryl methyl sites for hydroxylation is 1. The number of hydrogen-bond acceptors (Lipinski definition) is 3. The van der Waals surface area contributed by atoms with E-state index in [0.29, 0.717) is 36.2 Å². The van der Waals surface area contributed by atoms with Gasteiger partial charge in [-0.25, -0.2) is 8.78 Å². The number of nitrogens with one attached hydrogen (secondary N) is 1. The van der Waals surface area contributed by atoms with E-state index in [0.717, 1.165) is 0 Å². The standard InChI is InChI=1S/C13H17BrF2N2O.2ClH/c1-8-2-3-9(14)10(12(8)19)11(13(15)16)18-6-4-17-5-7-18;;/h2-3,11,13,17,19H,4-7H2,1H3;2*1H/t11-;;/m0../s1. The molecule has 1 fully saturated rings. The maximum absolute atomic E-state index is 13.5. The molecule has 1 atom stereocenters. The van der Waals surface area contributed by atoms with Gasteiger partial charge < -0.3 is 10.4 Å². The molecule has 0 spiro atoms. The van der Waals surface area contributed by atoms with Crippen LogP contribution in [0.4, 0.5) is 8.78 Å². The Morgan fingerprint density at radius 1 is 1.24 bits per heavy atom. The van der Waals surface area contributed by atoms with Crippen LogP contribution in [-0.2, 0) is 0 Å². The molecule has 0 amide bonds. The van der Waals surface area contributed by atoms with Crippen LogP contribution >= 0.6 is 40.7 Å². The first-order valence-corrected chi connectivity index (χ1v) is 7.02. The molecule has 1 aliphatic rings. The number of aromatic hydroxyl groups is 1. The van der Waals surface area contributed by atoms with E-state index in [1.54, 1.807) is 24.0 Å². The number of rotatable bonds is 3. The Bertz CT molecular complexity index is 460. The predicted molar refractivity (Wildman–Crippen MR) is 88.2 cm³/mol. The van der Waals surface area contributed by atoms with E-state index >= 15 is 0 Å². The minimum Gasteiger partial charge on any atom is -0.507 e. The smallest absolute Gasteiger partial charge is 0.258 e. The van der Waals surface area contributed by atoms with Gasteiger partial charge in [0, 0.05) is 36.2 Å². The number of phenolic OH excluding ortho intramolecular Hbond substituents is 1. The summed E-state index contributed by atoms with van der Waals surface area (Å²) in [6, 6.07) is 2.35. The van der Waals surface area contributed by atoms with Gasteiger partial charge in [-0.2, -0.15) is 0 Å². The van der Waals surface area contributed by atoms with Crippen molar-refractivity contribution in [2.24, 2.45) is 0 Å². The third-order valence-corrected chi connectivity index (χ3v) is 4.14. The fraction of sp³-hybridized carbons (Fsp3) is 0.538. The molecule has 1 heterocycles. The average molecular weight is 408 g/mol. The molecule has 0 aliphatic carbocycles. The Kier molecular flexibility index (Phi) is 9.04. The minimum absolute atomic E-state index is 0. The highest BCUT2D eigenvalue weighted by molar-refractivity contribution is 9.10. The molecule has 0 aromatic heterocycles. The molecule has 1 saturated heterocycles. The van der Waals surface area contributed by atoms with Crippen LogP contribution in [0.25, 0.3) is 0 Å². The van der Waals surface area contributed by atoms with Crippen LogP contribution in [-0.4, -0.2) is 42.6 Å². The van der Waals surface area contributed by atoms with E-state index in [1.807, 2.05) is 0 Å². The summed E-state index contributed by atoms with van der Waals surface area (Å²) in [6.07, 6.45) is -2.54. The molecule has 2 rings (SSSR count). The summed E-state index contributed by atoms with van der Waals surface area (Å²) in [7, 11) is 0. The lowest BCUT2D eigenvalue weighted by atomic mass is 10.0. The van der Waals surface area contributed by atoms with Crippen LogP contribution in [0.1, 0.15) is 17.2 Å². The number of phenols is 1. The highest BCUT2D eigenvalue weighted by Crippen LogP contribution is 2.40. The maximum Gasteiger partial charge on any atom is 0.258 e. The summed E-state index contributed by atoms with van der Waals surface area (Å²) in [6.45, 7) is 4.19. The first-order valence-electron chi connectivity index (χ1n) is 6.23. The summed E-state index contributed by atoms with van der Waals surface area (Å²) >= 11 is 3.28. The molecule has 0 radical (unpaired) electrons. The summed E-state index contributed by atoms with van der Waals surface area (Å²) in [5.74, 6) is -0.0433. The van der Waals surface area contributed by atoms with Crippen molar-refractivity contribution in [3.63, 3.8) is 0 Å². The van der Waals surface area contributed by atoms with Gasteiger partial charge in [0.05, 0.1) is 0 Å². The lowest BCUT2D eigenvalue weighted by molar-refractivity contribution is 0.0166. The first-order chi connectivity index (χ1) is 9.02. The van der Waals surface area contributed by atoms with Gasteiger partial charge in [0.1, 0.15) is 11.8 Å². The van der Waals surface area contributed by atoms with E-state index in [9.17, 15) is 13.9 Å². The molecule has 21 heavy (non-hydrogen) atoms. The topological polar surface area (TPSA) is 35.5 Å². The van der Waals surface area contributed by atoms with Crippen molar-refractivity contribution in [1.82, 2.24) is 10.2 Å². The quantitative estimate of drug-likeness (QED) is 0.804. The Balaban J connectivity index is 0.00000200. The summed E-state index contributed by atoms with van der Waals surface area (Å²) in [5.41, 5.74) is 0.899. The monoisotopic (exact) mass is 406 g/mol. The van der Waals surface area contributed by atoms with Gasteiger partial charge in [0.15, 0.2) is 0 Å². The van der Waals surface area contributed by atoms with E-state index < -0.39 is 12.5 Å². The Hall–Kier alpha value is -0.140. The highest BCUT2D eigenvalue weighted by Gasteiger charge is 2.33. The molecule has 3 nitrogen and oxygen atoms in total. The molecular formula is C13H19BrCl2F2N2O. The molecule has 8 heteroatoms. The van der Waals surface area contributed by atoms with E-state index in [4.69, 9.17) is 0 Å². The molecule has 2 N–H and O–H groups in total. The second-order valence-electron chi connectivity index (χ2n) is 4.69. The fourth-order valence-corrected chi connectivity index (χ4v) is 2.96. The van der Waals surface area contributed by atoms with Crippen molar-refractivity contribution >= 4 is 40.7 Å². The van der Waals surface area contributed by atoms with E-state index in [1.165, 1.54) is 0 Å². The van der Waals surface area contributed by atoms with Crippen LogP contribution in [0.3, 0.4) is 0 Å². The molecule has 1 aromatic rings. The maximum atomic E-state index is 13.5. The van der Waals surface area contributed by atoms with Crippen molar-refractivity contribution in [3.05, 3.63) is 27.7 Å². The van der Waals surface area contributed by atoms with Gasteiger partial charge in [-0.15, -0.1) is 24.8 Å². The summed E-state index contributed by atoms with van der Waals surface area (Å²) in [4.78, 5) is 1.72. The number of nitrogens with zero attached hydrogens (tertiary/aromatic N) is 1. The molecule has 1 aliphatic heterocycles. The molecule has 1 aromatic carbocycles. The predicted octanol–water partition coefficient (Wildman–Crippen LogP) is 3.52. The zero-order valence-corrected chi connectivity index (χ0v) is 14.7. The lowest BCUT2D eigenvalue weighted by Crippen LogP contribution is -2.47.